The van der Waals surface area contributed by atoms with Gasteiger partial charge in [-0.05, 0) is 25.4 Å². The first kappa shape index (κ1) is 15.8. The molecule has 1 amide bonds. The first-order valence-electron chi connectivity index (χ1n) is 5.71. The van der Waals surface area contributed by atoms with Crippen LogP contribution < -0.4 is 10.6 Å². The van der Waals surface area contributed by atoms with E-state index >= 15 is 0 Å². The molecule has 0 aliphatic carbocycles. The molecule has 1 aromatic rings. The van der Waals surface area contributed by atoms with E-state index in [9.17, 15) is 18.0 Å². The number of nitrogens with one attached hydrogen (secondary N) is 2. The number of carbonyl (C=O) groups is 1. The van der Waals surface area contributed by atoms with Crippen molar-refractivity contribution in [3.8, 4) is 0 Å². The fourth-order valence-corrected chi connectivity index (χ4v) is 1.97. The predicted molar refractivity (Wildman–Crippen MR) is 67.8 cm³/mol. The number of hydrogen-bond acceptors (Lipinski definition) is 2. The molecule has 0 radical (unpaired) electrons. The summed E-state index contributed by atoms with van der Waals surface area (Å²) in [5, 5.41) is 5.36. The Bertz CT molecular complexity index is 465. The Morgan fingerprint density at radius 3 is 2.58 bits per heavy atom. The third-order valence-corrected chi connectivity index (χ3v) is 2.92. The molecule has 0 aromatic heterocycles. The minimum Gasteiger partial charge on any atom is -0.323 e. The van der Waals surface area contributed by atoms with Crippen molar-refractivity contribution < 1.29 is 18.0 Å². The predicted octanol–water partition coefficient (Wildman–Crippen LogP) is 2.46. The van der Waals surface area contributed by atoms with Crippen LogP contribution in [0.3, 0.4) is 0 Å². The average Bonchev–Trinajstić information content (AvgIpc) is 2.78. The average molecular weight is 295 g/mol. The van der Waals surface area contributed by atoms with Crippen molar-refractivity contribution in [3.05, 3.63) is 29.6 Å². The van der Waals surface area contributed by atoms with Crippen LogP contribution in [0.4, 0.5) is 18.9 Å². The van der Waals surface area contributed by atoms with Crippen LogP contribution in [0.5, 0.6) is 0 Å². The van der Waals surface area contributed by atoms with Gasteiger partial charge in [0.2, 0.25) is 5.91 Å². The fourth-order valence-electron chi connectivity index (χ4n) is 1.97. The molecule has 1 fully saturated rings. The van der Waals surface area contributed by atoms with Gasteiger partial charge in [-0.15, -0.1) is 12.4 Å². The van der Waals surface area contributed by atoms with Gasteiger partial charge in [0.1, 0.15) is 5.82 Å². The molecule has 0 bridgehead atoms. The van der Waals surface area contributed by atoms with Crippen LogP contribution >= 0.6 is 12.4 Å². The molecule has 1 aliphatic heterocycles. The van der Waals surface area contributed by atoms with E-state index in [4.69, 9.17) is 0 Å². The molecule has 7 heteroatoms. The minimum atomic E-state index is -1.27. The number of halogens is 4. The second-order valence-corrected chi connectivity index (χ2v) is 4.36. The first-order valence-corrected chi connectivity index (χ1v) is 5.71. The number of rotatable bonds is 3. The van der Waals surface area contributed by atoms with Crippen LogP contribution in [-0.4, -0.2) is 19.0 Å². The minimum absolute atomic E-state index is 0. The van der Waals surface area contributed by atoms with Crippen molar-refractivity contribution in [2.24, 2.45) is 5.92 Å². The normalized spacial score (nSPS) is 17.9. The second kappa shape index (κ2) is 6.77. The topological polar surface area (TPSA) is 41.1 Å². The van der Waals surface area contributed by atoms with Gasteiger partial charge in [-0.2, -0.15) is 0 Å². The second-order valence-electron chi connectivity index (χ2n) is 4.36. The number of hydrogen-bond donors (Lipinski definition) is 2. The van der Waals surface area contributed by atoms with Crippen molar-refractivity contribution >= 4 is 24.0 Å². The van der Waals surface area contributed by atoms with Crippen LogP contribution in [-0.2, 0) is 4.79 Å². The highest BCUT2D eigenvalue weighted by molar-refractivity contribution is 5.91. The first-order chi connectivity index (χ1) is 8.56. The van der Waals surface area contributed by atoms with E-state index in [1.54, 1.807) is 0 Å². The summed E-state index contributed by atoms with van der Waals surface area (Å²) < 4.78 is 38.9. The number of benzene rings is 1. The van der Waals surface area contributed by atoms with Gasteiger partial charge in [-0.1, -0.05) is 0 Å². The molecular weight excluding hydrogens is 281 g/mol. The van der Waals surface area contributed by atoms with Crippen molar-refractivity contribution in [1.29, 1.82) is 0 Å². The molecule has 1 heterocycles. The summed E-state index contributed by atoms with van der Waals surface area (Å²) in [6, 6.07) is 1.07. The van der Waals surface area contributed by atoms with Gasteiger partial charge in [0.15, 0.2) is 11.6 Å². The van der Waals surface area contributed by atoms with Gasteiger partial charge in [0, 0.05) is 18.6 Å². The molecule has 2 rings (SSSR count). The Balaban J connectivity index is 0.00000180. The van der Waals surface area contributed by atoms with Gasteiger partial charge < -0.3 is 10.6 Å². The van der Waals surface area contributed by atoms with Gasteiger partial charge >= 0.3 is 0 Å². The van der Waals surface area contributed by atoms with E-state index in [0.717, 1.165) is 19.5 Å². The lowest BCUT2D eigenvalue weighted by atomic mass is 10.0. The van der Waals surface area contributed by atoms with Gasteiger partial charge in [0.25, 0.3) is 0 Å². The maximum Gasteiger partial charge on any atom is 0.224 e. The van der Waals surface area contributed by atoms with Gasteiger partial charge in [-0.25, -0.2) is 13.2 Å². The fraction of sp³-hybridized carbons (Fsp3) is 0.417. The zero-order chi connectivity index (χ0) is 13.1. The van der Waals surface area contributed by atoms with Crippen molar-refractivity contribution in [3.63, 3.8) is 0 Å². The molecule has 1 aliphatic rings. The summed E-state index contributed by atoms with van der Waals surface area (Å²) in [6.45, 7) is 1.60. The van der Waals surface area contributed by atoms with Gasteiger partial charge in [-0.3, -0.25) is 4.79 Å². The van der Waals surface area contributed by atoms with Crippen molar-refractivity contribution in [2.45, 2.75) is 12.8 Å². The molecule has 1 unspecified atom stereocenters. The highest BCUT2D eigenvalue weighted by atomic mass is 35.5. The zero-order valence-corrected chi connectivity index (χ0v) is 10.8. The Kier molecular flexibility index (Phi) is 5.62. The molecule has 106 valence electrons. The van der Waals surface area contributed by atoms with E-state index in [1.165, 1.54) is 0 Å². The molecular formula is C12H14ClF3N2O. The monoisotopic (exact) mass is 294 g/mol. The third-order valence-electron chi connectivity index (χ3n) is 2.92. The lowest BCUT2D eigenvalue weighted by Crippen LogP contribution is -2.19. The Hall–Kier alpha value is -1.27. The molecule has 1 atom stereocenters. The smallest absolute Gasteiger partial charge is 0.224 e. The van der Waals surface area contributed by atoms with E-state index in [0.29, 0.717) is 12.1 Å². The van der Waals surface area contributed by atoms with Crippen molar-refractivity contribution in [1.82, 2.24) is 5.32 Å². The molecule has 2 N–H and O–H groups in total. The molecule has 1 aromatic carbocycles. The summed E-state index contributed by atoms with van der Waals surface area (Å²) in [6.07, 6.45) is 1.12. The maximum atomic E-state index is 13.3. The standard InChI is InChI=1S/C12H13F3N2O.ClH/c13-8-4-10(15)11(5-9(8)14)17-12(18)3-7-1-2-16-6-7;/h4-5,7,16H,1-3,6H2,(H,17,18);1H. The van der Waals surface area contributed by atoms with E-state index in [1.807, 2.05) is 0 Å². The maximum absolute atomic E-state index is 13.3. The number of amides is 1. The number of anilines is 1. The van der Waals surface area contributed by atoms with Crippen molar-refractivity contribution in [2.75, 3.05) is 18.4 Å². The van der Waals surface area contributed by atoms with Crippen LogP contribution in [0, 0.1) is 23.4 Å². The molecule has 19 heavy (non-hydrogen) atoms. The number of carbonyl (C=O) groups excluding carboxylic acids is 1. The summed E-state index contributed by atoms with van der Waals surface area (Å²) in [5.41, 5.74) is -0.329. The Labute approximate surface area is 115 Å². The van der Waals surface area contributed by atoms with Gasteiger partial charge in [0.05, 0.1) is 5.69 Å². The summed E-state index contributed by atoms with van der Waals surface area (Å²) in [7, 11) is 0. The van der Waals surface area contributed by atoms with Crippen LogP contribution in [0.1, 0.15) is 12.8 Å². The summed E-state index contributed by atoms with van der Waals surface area (Å²) in [5.74, 6) is -3.63. The van der Waals surface area contributed by atoms with Crippen LogP contribution in [0.15, 0.2) is 12.1 Å². The lowest BCUT2D eigenvalue weighted by Gasteiger charge is -2.10. The Morgan fingerprint density at radius 1 is 1.26 bits per heavy atom. The quantitative estimate of drug-likeness (QED) is 0.841. The molecule has 0 spiro atoms. The van der Waals surface area contributed by atoms with E-state index in [-0.39, 0.29) is 30.4 Å². The lowest BCUT2D eigenvalue weighted by molar-refractivity contribution is -0.117. The largest absolute Gasteiger partial charge is 0.323 e. The summed E-state index contributed by atoms with van der Waals surface area (Å²) in [4.78, 5) is 11.6. The highest BCUT2D eigenvalue weighted by Gasteiger charge is 2.19. The van der Waals surface area contributed by atoms with Crippen LogP contribution in [0.25, 0.3) is 0 Å². The zero-order valence-electron chi connectivity index (χ0n) is 10.0. The van der Waals surface area contributed by atoms with E-state index < -0.39 is 23.4 Å². The molecule has 0 saturated carbocycles. The summed E-state index contributed by atoms with van der Waals surface area (Å²) >= 11 is 0. The molecule has 3 nitrogen and oxygen atoms in total. The van der Waals surface area contributed by atoms with Crippen LogP contribution in [0.2, 0.25) is 0 Å². The highest BCUT2D eigenvalue weighted by Crippen LogP contribution is 2.20. The molecule has 1 saturated heterocycles. The van der Waals surface area contributed by atoms with E-state index in [2.05, 4.69) is 10.6 Å². The Morgan fingerprint density at radius 2 is 1.95 bits per heavy atom. The SMILES string of the molecule is Cl.O=C(CC1CCNC1)Nc1cc(F)c(F)cc1F. The third kappa shape index (κ3) is 4.11.